The molecular weight excluding hydrogens is 258 g/mol. The molecule has 1 fully saturated rings. The molecular formula is C12H14ClNO2S. The zero-order valence-electron chi connectivity index (χ0n) is 9.28. The largest absolute Gasteiger partial charge is 0.478 e. The van der Waals surface area contributed by atoms with Crippen molar-refractivity contribution in [1.82, 2.24) is 0 Å². The van der Waals surface area contributed by atoms with E-state index in [9.17, 15) is 4.79 Å². The molecule has 1 atom stereocenters. The highest BCUT2D eigenvalue weighted by atomic mass is 35.5. The van der Waals surface area contributed by atoms with Crippen LogP contribution >= 0.6 is 23.4 Å². The van der Waals surface area contributed by atoms with Crippen molar-refractivity contribution in [3.05, 3.63) is 28.8 Å². The van der Waals surface area contributed by atoms with Gasteiger partial charge in [0, 0.05) is 6.54 Å². The maximum Gasteiger partial charge on any atom is 0.335 e. The Morgan fingerprint density at radius 2 is 2.41 bits per heavy atom. The van der Waals surface area contributed by atoms with E-state index >= 15 is 0 Å². The van der Waals surface area contributed by atoms with E-state index in [1.165, 1.54) is 24.0 Å². The molecule has 0 aromatic heterocycles. The number of aromatic carboxylic acids is 1. The minimum absolute atomic E-state index is 0.219. The summed E-state index contributed by atoms with van der Waals surface area (Å²) in [5, 5.41) is 12.6. The lowest BCUT2D eigenvalue weighted by Gasteiger charge is -2.12. The van der Waals surface area contributed by atoms with Gasteiger partial charge in [-0.25, -0.2) is 4.79 Å². The van der Waals surface area contributed by atoms with Crippen LogP contribution in [0.2, 0.25) is 5.02 Å². The number of hydrogen-bond acceptors (Lipinski definition) is 3. The van der Waals surface area contributed by atoms with Crippen LogP contribution in [0, 0.1) is 5.92 Å². The lowest BCUT2D eigenvalue weighted by atomic mass is 10.1. The summed E-state index contributed by atoms with van der Waals surface area (Å²) in [6, 6.07) is 4.78. The lowest BCUT2D eigenvalue weighted by Crippen LogP contribution is -2.13. The van der Waals surface area contributed by atoms with E-state index in [0.29, 0.717) is 10.9 Å². The van der Waals surface area contributed by atoms with Gasteiger partial charge in [0.15, 0.2) is 0 Å². The third-order valence-electron chi connectivity index (χ3n) is 2.82. The van der Waals surface area contributed by atoms with Gasteiger partial charge >= 0.3 is 5.97 Å². The smallest absolute Gasteiger partial charge is 0.335 e. The first-order valence-electron chi connectivity index (χ1n) is 5.51. The number of halogens is 1. The van der Waals surface area contributed by atoms with Crippen LogP contribution in [0.3, 0.4) is 0 Å². The lowest BCUT2D eigenvalue weighted by molar-refractivity contribution is 0.0697. The second-order valence-electron chi connectivity index (χ2n) is 4.11. The van der Waals surface area contributed by atoms with Crippen molar-refractivity contribution in [2.24, 2.45) is 5.92 Å². The topological polar surface area (TPSA) is 49.3 Å². The summed E-state index contributed by atoms with van der Waals surface area (Å²) < 4.78 is 0. The highest BCUT2D eigenvalue weighted by Gasteiger charge is 2.15. The van der Waals surface area contributed by atoms with Gasteiger partial charge in [0.05, 0.1) is 16.3 Å². The van der Waals surface area contributed by atoms with Gasteiger partial charge in [0.1, 0.15) is 0 Å². The quantitative estimate of drug-likeness (QED) is 0.883. The van der Waals surface area contributed by atoms with Crippen molar-refractivity contribution in [3.63, 3.8) is 0 Å². The van der Waals surface area contributed by atoms with Crippen LogP contribution in [-0.4, -0.2) is 29.1 Å². The monoisotopic (exact) mass is 271 g/mol. The van der Waals surface area contributed by atoms with Gasteiger partial charge < -0.3 is 10.4 Å². The molecule has 1 unspecified atom stereocenters. The number of carboxylic acid groups (broad SMARTS) is 1. The van der Waals surface area contributed by atoms with Crippen LogP contribution < -0.4 is 5.32 Å². The van der Waals surface area contributed by atoms with Gasteiger partial charge in [-0.3, -0.25) is 0 Å². The predicted molar refractivity (Wildman–Crippen MR) is 72.3 cm³/mol. The van der Waals surface area contributed by atoms with Crippen LogP contribution in [-0.2, 0) is 0 Å². The van der Waals surface area contributed by atoms with Gasteiger partial charge in [-0.15, -0.1) is 0 Å². The van der Waals surface area contributed by atoms with Crippen molar-refractivity contribution in [1.29, 1.82) is 0 Å². The standard InChI is InChI=1S/C12H14ClNO2S/c13-10-5-9(12(15)16)1-2-11(10)14-6-8-3-4-17-7-8/h1-2,5,8,14H,3-4,6-7H2,(H,15,16). The Bertz CT molecular complexity index is 419. The summed E-state index contributed by atoms with van der Waals surface area (Å²) in [6.45, 7) is 0.902. The van der Waals surface area contributed by atoms with E-state index in [-0.39, 0.29) is 5.56 Å². The summed E-state index contributed by atoms with van der Waals surface area (Å²) in [6.07, 6.45) is 1.24. The van der Waals surface area contributed by atoms with Gasteiger partial charge in [-0.1, -0.05) is 11.6 Å². The van der Waals surface area contributed by atoms with Crippen molar-refractivity contribution >= 4 is 35.0 Å². The molecule has 1 aromatic rings. The summed E-state index contributed by atoms with van der Waals surface area (Å²) in [4.78, 5) is 10.7. The Morgan fingerprint density at radius 3 is 3.00 bits per heavy atom. The number of benzene rings is 1. The molecule has 0 spiro atoms. The minimum Gasteiger partial charge on any atom is -0.478 e. The molecule has 2 rings (SSSR count). The molecule has 1 saturated heterocycles. The number of carboxylic acids is 1. The molecule has 17 heavy (non-hydrogen) atoms. The Morgan fingerprint density at radius 1 is 1.59 bits per heavy atom. The fourth-order valence-electron chi connectivity index (χ4n) is 1.79. The normalized spacial score (nSPS) is 19.2. The molecule has 1 aliphatic rings. The molecule has 2 N–H and O–H groups in total. The molecule has 5 heteroatoms. The van der Waals surface area contributed by atoms with Crippen LogP contribution in [0.5, 0.6) is 0 Å². The van der Waals surface area contributed by atoms with Crippen molar-refractivity contribution in [2.75, 3.05) is 23.4 Å². The number of thioether (sulfide) groups is 1. The highest BCUT2D eigenvalue weighted by molar-refractivity contribution is 7.99. The van der Waals surface area contributed by atoms with Crippen LogP contribution in [0.15, 0.2) is 18.2 Å². The zero-order valence-corrected chi connectivity index (χ0v) is 10.9. The number of hydrogen-bond donors (Lipinski definition) is 2. The molecule has 92 valence electrons. The molecule has 0 bridgehead atoms. The predicted octanol–water partition coefficient (Wildman–Crippen LogP) is 3.20. The van der Waals surface area contributed by atoms with E-state index < -0.39 is 5.97 Å². The molecule has 0 radical (unpaired) electrons. The van der Waals surface area contributed by atoms with E-state index in [4.69, 9.17) is 16.7 Å². The second-order valence-corrected chi connectivity index (χ2v) is 5.67. The zero-order chi connectivity index (χ0) is 12.3. The molecule has 1 heterocycles. The average Bonchev–Trinajstić information content (AvgIpc) is 2.80. The second kappa shape index (κ2) is 5.65. The molecule has 1 aromatic carbocycles. The maximum absolute atomic E-state index is 10.7. The average molecular weight is 272 g/mol. The van der Waals surface area contributed by atoms with E-state index in [1.54, 1.807) is 12.1 Å². The van der Waals surface area contributed by atoms with Crippen molar-refractivity contribution in [3.8, 4) is 0 Å². The Labute approximate surface area is 110 Å². The Balaban J connectivity index is 1.98. The SMILES string of the molecule is O=C(O)c1ccc(NCC2CCSC2)c(Cl)c1. The maximum atomic E-state index is 10.7. The number of anilines is 1. The number of nitrogens with one attached hydrogen (secondary N) is 1. The van der Waals surface area contributed by atoms with Crippen LogP contribution in [0.4, 0.5) is 5.69 Å². The molecule has 0 aliphatic carbocycles. The number of carbonyl (C=O) groups is 1. The Kier molecular flexibility index (Phi) is 4.18. The summed E-state index contributed by atoms with van der Waals surface area (Å²) in [7, 11) is 0. The fraction of sp³-hybridized carbons (Fsp3) is 0.417. The fourth-order valence-corrected chi connectivity index (χ4v) is 3.32. The third kappa shape index (κ3) is 3.30. The van der Waals surface area contributed by atoms with Gasteiger partial charge in [-0.2, -0.15) is 11.8 Å². The minimum atomic E-state index is -0.953. The van der Waals surface area contributed by atoms with Crippen LogP contribution in [0.1, 0.15) is 16.8 Å². The van der Waals surface area contributed by atoms with Gasteiger partial charge in [0.25, 0.3) is 0 Å². The van der Waals surface area contributed by atoms with Gasteiger partial charge in [0.2, 0.25) is 0 Å². The van der Waals surface area contributed by atoms with E-state index in [2.05, 4.69) is 5.32 Å². The summed E-state index contributed by atoms with van der Waals surface area (Å²) in [5.41, 5.74) is 1.03. The number of rotatable bonds is 4. The van der Waals surface area contributed by atoms with E-state index in [0.717, 1.165) is 12.2 Å². The third-order valence-corrected chi connectivity index (χ3v) is 4.37. The van der Waals surface area contributed by atoms with Crippen LogP contribution in [0.25, 0.3) is 0 Å². The summed E-state index contributed by atoms with van der Waals surface area (Å²) >= 11 is 8.01. The first kappa shape index (κ1) is 12.6. The molecule has 3 nitrogen and oxygen atoms in total. The summed E-state index contributed by atoms with van der Waals surface area (Å²) in [5.74, 6) is 2.16. The van der Waals surface area contributed by atoms with Crippen molar-refractivity contribution in [2.45, 2.75) is 6.42 Å². The van der Waals surface area contributed by atoms with Gasteiger partial charge in [-0.05, 0) is 42.0 Å². The van der Waals surface area contributed by atoms with E-state index in [1.807, 2.05) is 11.8 Å². The molecule has 0 amide bonds. The Hall–Kier alpha value is -0.870. The van der Waals surface area contributed by atoms with Crippen molar-refractivity contribution < 1.29 is 9.90 Å². The highest BCUT2D eigenvalue weighted by Crippen LogP contribution is 2.26. The molecule has 1 aliphatic heterocycles. The molecule has 0 saturated carbocycles. The first-order valence-corrected chi connectivity index (χ1v) is 7.04. The first-order chi connectivity index (χ1) is 8.16.